The number of carbonyl (C=O) groups is 2. The summed E-state index contributed by atoms with van der Waals surface area (Å²) in [5.74, 6) is -1.34. The predicted molar refractivity (Wildman–Crippen MR) is 55.3 cm³/mol. The molecule has 0 bridgehead atoms. The Morgan fingerprint density at radius 3 is 2.81 bits per heavy atom. The molecule has 82 valence electrons. The number of aromatic carboxylic acids is 1. The van der Waals surface area contributed by atoms with Gasteiger partial charge >= 0.3 is 12.0 Å². The van der Waals surface area contributed by atoms with Gasteiger partial charge < -0.3 is 9.52 Å². The lowest BCUT2D eigenvalue weighted by Gasteiger charge is -1.91. The summed E-state index contributed by atoms with van der Waals surface area (Å²) in [5.41, 5.74) is 0.926. The number of fused-ring (bicyclic) bond motifs is 1. The molecule has 0 aliphatic rings. The quantitative estimate of drug-likeness (QED) is 0.799. The Bertz CT molecular complexity index is 573. The maximum Gasteiger partial charge on any atom is 0.335 e. The first-order valence-corrected chi connectivity index (χ1v) is 4.48. The Kier molecular flexibility index (Phi) is 2.32. The molecular formula is C10H8N2O4. The first-order chi connectivity index (χ1) is 7.56. The van der Waals surface area contributed by atoms with Gasteiger partial charge in [0, 0.05) is 6.92 Å². The fraction of sp³-hybridized carbons (Fsp3) is 0.100. The van der Waals surface area contributed by atoms with Crippen molar-refractivity contribution >= 4 is 29.0 Å². The monoisotopic (exact) mass is 220 g/mol. The third-order valence-electron chi connectivity index (χ3n) is 1.92. The molecule has 6 heteroatoms. The number of benzene rings is 1. The van der Waals surface area contributed by atoms with Gasteiger partial charge in [0.1, 0.15) is 5.52 Å². The lowest BCUT2D eigenvalue weighted by atomic mass is 10.2. The number of carboxylic acids is 1. The molecular weight excluding hydrogens is 212 g/mol. The van der Waals surface area contributed by atoms with Gasteiger partial charge in [-0.05, 0) is 18.2 Å². The van der Waals surface area contributed by atoms with E-state index in [1.165, 1.54) is 25.1 Å². The Balaban J connectivity index is 2.45. The number of oxazole rings is 1. The SMILES string of the molecule is CC(=O)Nc1nc2ccc(C(=O)O)cc2o1. The first-order valence-electron chi connectivity index (χ1n) is 4.48. The average molecular weight is 220 g/mol. The van der Waals surface area contributed by atoms with E-state index in [0.29, 0.717) is 11.1 Å². The van der Waals surface area contributed by atoms with Crippen LogP contribution >= 0.6 is 0 Å². The molecule has 16 heavy (non-hydrogen) atoms. The van der Waals surface area contributed by atoms with Crippen LogP contribution in [0.25, 0.3) is 11.1 Å². The van der Waals surface area contributed by atoms with Crippen molar-refractivity contribution < 1.29 is 19.1 Å². The number of hydrogen-bond donors (Lipinski definition) is 2. The maximum absolute atomic E-state index is 10.8. The minimum Gasteiger partial charge on any atom is -0.478 e. The van der Waals surface area contributed by atoms with Crippen LogP contribution in [0, 0.1) is 0 Å². The smallest absolute Gasteiger partial charge is 0.335 e. The van der Waals surface area contributed by atoms with E-state index in [9.17, 15) is 9.59 Å². The highest BCUT2D eigenvalue weighted by molar-refractivity contribution is 5.93. The van der Waals surface area contributed by atoms with E-state index in [1.807, 2.05) is 0 Å². The Labute approximate surface area is 89.9 Å². The van der Waals surface area contributed by atoms with Gasteiger partial charge in [0.25, 0.3) is 0 Å². The number of hydrogen-bond acceptors (Lipinski definition) is 4. The van der Waals surface area contributed by atoms with Crippen LogP contribution in [0.5, 0.6) is 0 Å². The van der Waals surface area contributed by atoms with E-state index in [2.05, 4.69) is 10.3 Å². The zero-order chi connectivity index (χ0) is 11.7. The number of aromatic nitrogens is 1. The Morgan fingerprint density at radius 2 is 2.19 bits per heavy atom. The van der Waals surface area contributed by atoms with Crippen molar-refractivity contribution in [3.63, 3.8) is 0 Å². The summed E-state index contributed by atoms with van der Waals surface area (Å²) in [7, 11) is 0. The standard InChI is InChI=1S/C10H8N2O4/c1-5(13)11-10-12-7-3-2-6(9(14)15)4-8(7)16-10/h2-4H,1H3,(H,14,15)(H,11,12,13). The predicted octanol–water partition coefficient (Wildman–Crippen LogP) is 1.48. The number of amides is 1. The van der Waals surface area contributed by atoms with Crippen LogP contribution in [-0.4, -0.2) is 22.0 Å². The normalized spacial score (nSPS) is 10.3. The molecule has 0 atom stereocenters. The number of carbonyl (C=O) groups excluding carboxylic acids is 1. The van der Waals surface area contributed by atoms with Gasteiger partial charge in [-0.2, -0.15) is 4.98 Å². The molecule has 0 radical (unpaired) electrons. The summed E-state index contributed by atoms with van der Waals surface area (Å²) in [6, 6.07) is 4.36. The van der Waals surface area contributed by atoms with E-state index in [0.717, 1.165) is 0 Å². The summed E-state index contributed by atoms with van der Waals surface area (Å²) in [5, 5.41) is 11.1. The van der Waals surface area contributed by atoms with Crippen LogP contribution in [0.2, 0.25) is 0 Å². The van der Waals surface area contributed by atoms with Gasteiger partial charge in [-0.1, -0.05) is 0 Å². The molecule has 1 heterocycles. The molecule has 2 aromatic rings. The maximum atomic E-state index is 10.8. The largest absolute Gasteiger partial charge is 0.478 e. The minimum atomic E-state index is -1.04. The van der Waals surface area contributed by atoms with Crippen LogP contribution in [0.1, 0.15) is 17.3 Å². The van der Waals surface area contributed by atoms with Gasteiger partial charge in [0.05, 0.1) is 5.56 Å². The van der Waals surface area contributed by atoms with Crippen LogP contribution in [0.15, 0.2) is 22.6 Å². The summed E-state index contributed by atoms with van der Waals surface area (Å²) in [6.45, 7) is 1.33. The van der Waals surface area contributed by atoms with Crippen LogP contribution in [0.4, 0.5) is 6.01 Å². The number of anilines is 1. The third-order valence-corrected chi connectivity index (χ3v) is 1.92. The highest BCUT2D eigenvalue weighted by Crippen LogP contribution is 2.20. The molecule has 2 rings (SSSR count). The molecule has 6 nitrogen and oxygen atoms in total. The molecule has 0 saturated carbocycles. The molecule has 1 aromatic carbocycles. The van der Waals surface area contributed by atoms with E-state index >= 15 is 0 Å². The minimum absolute atomic E-state index is 0.0602. The van der Waals surface area contributed by atoms with Crippen molar-refractivity contribution in [1.82, 2.24) is 4.98 Å². The third kappa shape index (κ3) is 1.85. The number of nitrogens with one attached hydrogen (secondary N) is 1. The van der Waals surface area contributed by atoms with Gasteiger partial charge in [-0.15, -0.1) is 0 Å². The molecule has 0 unspecified atom stereocenters. The van der Waals surface area contributed by atoms with E-state index in [1.54, 1.807) is 0 Å². The van der Waals surface area contributed by atoms with Crippen molar-refractivity contribution in [2.45, 2.75) is 6.92 Å². The van der Waals surface area contributed by atoms with Crippen molar-refractivity contribution in [2.75, 3.05) is 5.32 Å². The van der Waals surface area contributed by atoms with Crippen molar-refractivity contribution in [1.29, 1.82) is 0 Å². The lowest BCUT2D eigenvalue weighted by Crippen LogP contribution is -2.05. The Hall–Kier alpha value is -2.37. The molecule has 1 amide bonds. The first kappa shape index (κ1) is 10.2. The van der Waals surface area contributed by atoms with Crippen molar-refractivity contribution in [3.8, 4) is 0 Å². The Morgan fingerprint density at radius 1 is 1.44 bits per heavy atom. The average Bonchev–Trinajstić information content (AvgIpc) is 2.56. The van der Waals surface area contributed by atoms with Gasteiger partial charge in [0.15, 0.2) is 5.58 Å². The molecule has 1 aromatic heterocycles. The molecule has 0 fully saturated rings. The van der Waals surface area contributed by atoms with E-state index < -0.39 is 5.97 Å². The van der Waals surface area contributed by atoms with Gasteiger partial charge in [0.2, 0.25) is 5.91 Å². The number of nitrogens with zero attached hydrogens (tertiary/aromatic N) is 1. The van der Waals surface area contributed by atoms with E-state index in [4.69, 9.17) is 9.52 Å². The molecule has 0 aliphatic carbocycles. The molecule has 0 spiro atoms. The zero-order valence-corrected chi connectivity index (χ0v) is 8.35. The van der Waals surface area contributed by atoms with Gasteiger partial charge in [-0.25, -0.2) is 4.79 Å². The summed E-state index contributed by atoms with van der Waals surface area (Å²) >= 11 is 0. The highest BCUT2D eigenvalue weighted by Gasteiger charge is 2.10. The van der Waals surface area contributed by atoms with Crippen molar-refractivity contribution in [3.05, 3.63) is 23.8 Å². The van der Waals surface area contributed by atoms with Crippen LogP contribution in [0.3, 0.4) is 0 Å². The lowest BCUT2D eigenvalue weighted by molar-refractivity contribution is -0.114. The highest BCUT2D eigenvalue weighted by atomic mass is 16.4. The van der Waals surface area contributed by atoms with Gasteiger partial charge in [-0.3, -0.25) is 10.1 Å². The van der Waals surface area contributed by atoms with Crippen LogP contribution < -0.4 is 5.32 Å². The molecule has 0 saturated heterocycles. The fourth-order valence-electron chi connectivity index (χ4n) is 1.26. The summed E-state index contributed by atoms with van der Waals surface area (Å²) < 4.78 is 5.16. The van der Waals surface area contributed by atoms with E-state index in [-0.39, 0.29) is 17.5 Å². The second kappa shape index (κ2) is 3.65. The fourth-order valence-corrected chi connectivity index (χ4v) is 1.26. The summed E-state index contributed by atoms with van der Waals surface area (Å²) in [4.78, 5) is 25.4. The molecule has 2 N–H and O–H groups in total. The number of carboxylic acid groups (broad SMARTS) is 1. The zero-order valence-electron chi connectivity index (χ0n) is 8.35. The summed E-state index contributed by atoms with van der Waals surface area (Å²) in [6.07, 6.45) is 0. The number of rotatable bonds is 2. The topological polar surface area (TPSA) is 92.4 Å². The van der Waals surface area contributed by atoms with Crippen LogP contribution in [-0.2, 0) is 4.79 Å². The van der Waals surface area contributed by atoms with Crippen molar-refractivity contribution in [2.24, 2.45) is 0 Å². The second-order valence-electron chi connectivity index (χ2n) is 3.19. The molecule has 0 aliphatic heterocycles. The second-order valence-corrected chi connectivity index (χ2v) is 3.19.